The van der Waals surface area contributed by atoms with E-state index in [-0.39, 0.29) is 5.69 Å². The first-order valence-corrected chi connectivity index (χ1v) is 4.18. The molecule has 0 aromatic carbocycles. The zero-order valence-corrected chi connectivity index (χ0v) is 7.72. The fourth-order valence-electron chi connectivity index (χ4n) is 1.26. The van der Waals surface area contributed by atoms with Crippen LogP contribution in [0.5, 0.6) is 0 Å². The lowest BCUT2D eigenvalue weighted by atomic mass is 10.2. The number of alkyl halides is 2. The normalized spacial score (nSPS) is 11.2. The van der Waals surface area contributed by atoms with Crippen LogP contribution in [0.2, 0.25) is 0 Å². The summed E-state index contributed by atoms with van der Waals surface area (Å²) in [5.41, 5.74) is 0.594. The Morgan fingerprint density at radius 2 is 2.31 bits per heavy atom. The van der Waals surface area contributed by atoms with Crippen LogP contribution in [0.1, 0.15) is 24.6 Å². The summed E-state index contributed by atoms with van der Waals surface area (Å²) < 4.78 is 26.4. The zero-order chi connectivity index (χ0) is 9.84. The Labute approximate surface area is 75.7 Å². The van der Waals surface area contributed by atoms with Gasteiger partial charge in [-0.15, -0.1) is 0 Å². The van der Waals surface area contributed by atoms with E-state index >= 15 is 0 Å². The molecule has 1 aromatic rings. The van der Waals surface area contributed by atoms with Gasteiger partial charge in [-0.1, -0.05) is 0 Å². The molecular formula is C8H13F2N3. The molecule has 0 radical (unpaired) electrons. The summed E-state index contributed by atoms with van der Waals surface area (Å²) in [5, 5.41) is 6.70. The predicted molar refractivity (Wildman–Crippen MR) is 45.6 cm³/mol. The van der Waals surface area contributed by atoms with Gasteiger partial charge in [-0.2, -0.15) is 5.10 Å². The lowest BCUT2D eigenvalue weighted by Crippen LogP contribution is -2.09. The zero-order valence-electron chi connectivity index (χ0n) is 7.72. The van der Waals surface area contributed by atoms with Crippen LogP contribution in [0, 0.1) is 0 Å². The van der Waals surface area contributed by atoms with Gasteiger partial charge in [-0.3, -0.25) is 4.68 Å². The first-order valence-electron chi connectivity index (χ1n) is 4.18. The van der Waals surface area contributed by atoms with Crippen molar-refractivity contribution in [3.8, 4) is 0 Å². The molecule has 1 N–H and O–H groups in total. The number of hydrogen-bond acceptors (Lipinski definition) is 2. The second-order valence-corrected chi connectivity index (χ2v) is 2.70. The molecule has 1 aromatic heterocycles. The highest BCUT2D eigenvalue weighted by atomic mass is 19.3. The molecule has 0 aliphatic heterocycles. The summed E-state index contributed by atoms with van der Waals surface area (Å²) in [6.07, 6.45) is -0.965. The van der Waals surface area contributed by atoms with Gasteiger partial charge in [0.2, 0.25) is 0 Å². The third-order valence-corrected chi connectivity index (χ3v) is 1.83. The van der Waals surface area contributed by atoms with Crippen LogP contribution >= 0.6 is 0 Å². The van der Waals surface area contributed by atoms with Crippen molar-refractivity contribution in [2.75, 3.05) is 7.05 Å². The van der Waals surface area contributed by atoms with Gasteiger partial charge < -0.3 is 5.32 Å². The lowest BCUT2D eigenvalue weighted by molar-refractivity contribution is 0.138. The fraction of sp³-hybridized carbons (Fsp3) is 0.625. The molecule has 13 heavy (non-hydrogen) atoms. The van der Waals surface area contributed by atoms with E-state index in [2.05, 4.69) is 10.4 Å². The third kappa shape index (κ3) is 2.03. The number of aryl methyl sites for hydroxylation is 1. The molecule has 74 valence electrons. The number of rotatable bonds is 4. The van der Waals surface area contributed by atoms with Crippen molar-refractivity contribution in [2.45, 2.75) is 26.4 Å². The molecule has 0 saturated carbocycles. The van der Waals surface area contributed by atoms with Crippen LogP contribution in [0.15, 0.2) is 6.20 Å². The van der Waals surface area contributed by atoms with Crippen molar-refractivity contribution in [1.82, 2.24) is 15.1 Å². The minimum atomic E-state index is -2.45. The molecule has 0 saturated heterocycles. The van der Waals surface area contributed by atoms with Crippen LogP contribution in [0.4, 0.5) is 8.78 Å². The minimum Gasteiger partial charge on any atom is -0.316 e. The standard InChI is InChI=1S/C8H13F2N3/c1-3-13-7(8(9)10)6(4-11-2)5-12-13/h5,8,11H,3-4H2,1-2H3. The van der Waals surface area contributed by atoms with E-state index in [0.29, 0.717) is 18.7 Å². The van der Waals surface area contributed by atoms with E-state index in [9.17, 15) is 8.78 Å². The van der Waals surface area contributed by atoms with E-state index in [1.807, 2.05) is 0 Å². The van der Waals surface area contributed by atoms with Gasteiger partial charge in [0.1, 0.15) is 5.69 Å². The number of nitrogens with one attached hydrogen (secondary N) is 1. The largest absolute Gasteiger partial charge is 0.316 e. The second-order valence-electron chi connectivity index (χ2n) is 2.70. The summed E-state index contributed by atoms with van der Waals surface area (Å²) >= 11 is 0. The molecule has 1 rings (SSSR count). The summed E-state index contributed by atoms with van der Waals surface area (Å²) in [7, 11) is 1.72. The fourth-order valence-corrected chi connectivity index (χ4v) is 1.26. The van der Waals surface area contributed by atoms with Crippen molar-refractivity contribution in [3.05, 3.63) is 17.5 Å². The van der Waals surface area contributed by atoms with Crippen LogP contribution in [0.3, 0.4) is 0 Å². The van der Waals surface area contributed by atoms with Gasteiger partial charge in [0.05, 0.1) is 6.20 Å². The van der Waals surface area contributed by atoms with Crippen LogP contribution < -0.4 is 5.32 Å². The molecule has 3 nitrogen and oxygen atoms in total. The van der Waals surface area contributed by atoms with E-state index in [0.717, 1.165) is 0 Å². The van der Waals surface area contributed by atoms with Crippen LogP contribution in [-0.4, -0.2) is 16.8 Å². The molecular weight excluding hydrogens is 176 g/mol. The van der Waals surface area contributed by atoms with Crippen molar-refractivity contribution in [1.29, 1.82) is 0 Å². The van der Waals surface area contributed by atoms with Gasteiger partial charge in [-0.25, -0.2) is 8.78 Å². The van der Waals surface area contributed by atoms with E-state index in [1.165, 1.54) is 10.9 Å². The van der Waals surface area contributed by atoms with Crippen molar-refractivity contribution in [2.24, 2.45) is 0 Å². The molecule has 0 bridgehead atoms. The average Bonchev–Trinajstić information content (AvgIpc) is 2.48. The van der Waals surface area contributed by atoms with Crippen molar-refractivity contribution < 1.29 is 8.78 Å². The van der Waals surface area contributed by atoms with Gasteiger partial charge in [0.25, 0.3) is 6.43 Å². The topological polar surface area (TPSA) is 29.9 Å². The van der Waals surface area contributed by atoms with Gasteiger partial charge in [-0.05, 0) is 14.0 Å². The van der Waals surface area contributed by atoms with Crippen molar-refractivity contribution >= 4 is 0 Å². The molecule has 0 aliphatic rings. The van der Waals surface area contributed by atoms with Crippen molar-refractivity contribution in [3.63, 3.8) is 0 Å². The summed E-state index contributed by atoms with van der Waals surface area (Å²) in [6, 6.07) is 0. The van der Waals surface area contributed by atoms with Gasteiger partial charge in [0, 0.05) is 18.7 Å². The number of halogens is 2. The molecule has 0 fully saturated rings. The van der Waals surface area contributed by atoms with Gasteiger partial charge in [0.15, 0.2) is 0 Å². The Morgan fingerprint density at radius 1 is 1.62 bits per heavy atom. The van der Waals surface area contributed by atoms with E-state index in [1.54, 1.807) is 14.0 Å². The molecule has 0 spiro atoms. The molecule has 0 unspecified atom stereocenters. The number of aromatic nitrogens is 2. The smallest absolute Gasteiger partial charge is 0.280 e. The highest BCUT2D eigenvalue weighted by Crippen LogP contribution is 2.22. The molecule has 0 amide bonds. The van der Waals surface area contributed by atoms with E-state index in [4.69, 9.17) is 0 Å². The maximum absolute atomic E-state index is 12.5. The van der Waals surface area contributed by atoms with E-state index < -0.39 is 6.43 Å². The highest BCUT2D eigenvalue weighted by Gasteiger charge is 2.18. The Morgan fingerprint density at radius 3 is 2.77 bits per heavy atom. The Balaban J connectivity index is 2.99. The third-order valence-electron chi connectivity index (χ3n) is 1.83. The predicted octanol–water partition coefficient (Wildman–Crippen LogP) is 1.56. The second kappa shape index (κ2) is 4.32. The number of hydrogen-bond donors (Lipinski definition) is 1. The Kier molecular flexibility index (Phi) is 3.36. The highest BCUT2D eigenvalue weighted by molar-refractivity contribution is 5.18. The number of nitrogens with zero attached hydrogens (tertiary/aromatic N) is 2. The van der Waals surface area contributed by atoms with Crippen LogP contribution in [-0.2, 0) is 13.1 Å². The maximum Gasteiger partial charge on any atom is 0.280 e. The summed E-state index contributed by atoms with van der Waals surface area (Å²) in [5.74, 6) is 0. The minimum absolute atomic E-state index is 0.0249. The first-order chi connectivity index (χ1) is 6.20. The molecule has 0 atom stereocenters. The monoisotopic (exact) mass is 189 g/mol. The summed E-state index contributed by atoms with van der Waals surface area (Å²) in [6.45, 7) is 2.70. The SMILES string of the molecule is CCn1ncc(CNC)c1C(F)F. The lowest BCUT2D eigenvalue weighted by Gasteiger charge is -2.05. The summed E-state index contributed by atoms with van der Waals surface area (Å²) in [4.78, 5) is 0. The molecule has 1 heterocycles. The first kappa shape index (κ1) is 10.1. The van der Waals surface area contributed by atoms with Crippen LogP contribution in [0.25, 0.3) is 0 Å². The van der Waals surface area contributed by atoms with Gasteiger partial charge >= 0.3 is 0 Å². The molecule has 0 aliphatic carbocycles. The molecule has 5 heteroatoms. The Hall–Kier alpha value is -0.970. The Bertz CT molecular complexity index is 270. The quantitative estimate of drug-likeness (QED) is 0.779. The maximum atomic E-state index is 12.5. The average molecular weight is 189 g/mol.